The van der Waals surface area contributed by atoms with Gasteiger partial charge in [-0.15, -0.1) is 0 Å². The third-order valence-electron chi connectivity index (χ3n) is 4.49. The van der Waals surface area contributed by atoms with Gasteiger partial charge in [0.05, 0.1) is 11.3 Å². The van der Waals surface area contributed by atoms with Crippen molar-refractivity contribution in [2.45, 2.75) is 26.2 Å². The summed E-state index contributed by atoms with van der Waals surface area (Å²) in [4.78, 5) is 4.35. The fourth-order valence-corrected chi connectivity index (χ4v) is 3.24. The number of allylic oxidation sites excluding steroid dienone is 2. The number of rotatable bonds is 1. The highest BCUT2D eigenvalue weighted by atomic mass is 14.9. The van der Waals surface area contributed by atoms with Gasteiger partial charge in [-0.25, -0.2) is 0 Å². The molecule has 1 aliphatic carbocycles. The molecule has 2 aliphatic rings. The Morgan fingerprint density at radius 1 is 1.42 bits per heavy atom. The first-order valence-corrected chi connectivity index (χ1v) is 7.05. The minimum atomic E-state index is 0.697. The Morgan fingerprint density at radius 2 is 2.32 bits per heavy atom. The second kappa shape index (κ2) is 5.14. The predicted molar refractivity (Wildman–Crippen MR) is 75.4 cm³/mol. The molecule has 0 saturated carbocycles. The SMILES string of the molecule is Cc1ncc(C2=CCC3CCNCC3C2)cc1C#N. The summed E-state index contributed by atoms with van der Waals surface area (Å²) in [6, 6.07) is 4.22. The lowest BCUT2D eigenvalue weighted by atomic mass is 9.75. The minimum Gasteiger partial charge on any atom is -0.316 e. The van der Waals surface area contributed by atoms with E-state index in [0.717, 1.165) is 42.6 Å². The molecule has 98 valence electrons. The number of fused-ring (bicyclic) bond motifs is 1. The van der Waals surface area contributed by atoms with Crippen LogP contribution in [-0.2, 0) is 0 Å². The zero-order valence-electron chi connectivity index (χ0n) is 11.3. The van der Waals surface area contributed by atoms with Gasteiger partial charge in [0.25, 0.3) is 0 Å². The van der Waals surface area contributed by atoms with Crippen molar-refractivity contribution in [2.24, 2.45) is 11.8 Å². The van der Waals surface area contributed by atoms with Crippen LogP contribution in [0.15, 0.2) is 18.3 Å². The standard InChI is InChI=1S/C16H19N3/c1-11-14(8-17)7-16(10-19-11)13-3-2-12-4-5-18-9-15(12)6-13/h3,7,10,12,15,18H,2,4-6,9H2,1H3. The lowest BCUT2D eigenvalue weighted by Gasteiger charge is -2.35. The predicted octanol–water partition coefficient (Wildman–Crippen LogP) is 2.66. The smallest absolute Gasteiger partial charge is 0.101 e. The number of aromatic nitrogens is 1. The molecule has 19 heavy (non-hydrogen) atoms. The van der Waals surface area contributed by atoms with Crippen LogP contribution in [0, 0.1) is 30.1 Å². The molecular formula is C16H19N3. The van der Waals surface area contributed by atoms with E-state index in [0.29, 0.717) is 5.56 Å². The van der Waals surface area contributed by atoms with Gasteiger partial charge in [0.15, 0.2) is 0 Å². The summed E-state index contributed by atoms with van der Waals surface area (Å²) >= 11 is 0. The molecule has 1 saturated heterocycles. The Morgan fingerprint density at radius 3 is 3.16 bits per heavy atom. The normalized spacial score (nSPS) is 26.2. The number of hydrogen-bond donors (Lipinski definition) is 1. The molecule has 3 heteroatoms. The van der Waals surface area contributed by atoms with Crippen molar-refractivity contribution in [3.05, 3.63) is 35.2 Å². The number of nitrogens with one attached hydrogen (secondary N) is 1. The van der Waals surface area contributed by atoms with Crippen LogP contribution < -0.4 is 5.32 Å². The first-order valence-electron chi connectivity index (χ1n) is 7.05. The second-order valence-corrected chi connectivity index (χ2v) is 5.65. The molecule has 3 rings (SSSR count). The Balaban J connectivity index is 1.86. The van der Waals surface area contributed by atoms with Crippen LogP contribution in [0.1, 0.15) is 36.1 Å². The van der Waals surface area contributed by atoms with E-state index in [1.54, 1.807) is 0 Å². The van der Waals surface area contributed by atoms with Crippen molar-refractivity contribution in [3.63, 3.8) is 0 Å². The maximum absolute atomic E-state index is 9.11. The third-order valence-corrected chi connectivity index (χ3v) is 4.49. The molecule has 0 radical (unpaired) electrons. The first kappa shape index (κ1) is 12.4. The highest BCUT2D eigenvalue weighted by Gasteiger charge is 2.28. The van der Waals surface area contributed by atoms with Gasteiger partial charge in [-0.1, -0.05) is 6.08 Å². The molecule has 1 aromatic heterocycles. The van der Waals surface area contributed by atoms with Crippen molar-refractivity contribution in [2.75, 3.05) is 13.1 Å². The van der Waals surface area contributed by atoms with E-state index in [1.807, 2.05) is 19.2 Å². The van der Waals surface area contributed by atoms with Crippen LogP contribution in [-0.4, -0.2) is 18.1 Å². The Bertz CT molecular complexity index is 554. The van der Waals surface area contributed by atoms with Crippen molar-refractivity contribution in [3.8, 4) is 6.07 Å². The van der Waals surface area contributed by atoms with Crippen molar-refractivity contribution >= 4 is 5.57 Å². The average Bonchev–Trinajstić information content (AvgIpc) is 2.47. The highest BCUT2D eigenvalue weighted by molar-refractivity contribution is 5.67. The minimum absolute atomic E-state index is 0.697. The molecule has 0 amide bonds. The largest absolute Gasteiger partial charge is 0.316 e. The number of piperidine rings is 1. The van der Waals surface area contributed by atoms with E-state index in [4.69, 9.17) is 5.26 Å². The van der Waals surface area contributed by atoms with Crippen LogP contribution in [0.5, 0.6) is 0 Å². The molecule has 2 heterocycles. The maximum atomic E-state index is 9.11. The number of aryl methyl sites for hydroxylation is 1. The van der Waals surface area contributed by atoms with E-state index >= 15 is 0 Å². The van der Waals surface area contributed by atoms with Gasteiger partial charge < -0.3 is 5.32 Å². The fraction of sp³-hybridized carbons (Fsp3) is 0.500. The first-order chi connectivity index (χ1) is 9.28. The van der Waals surface area contributed by atoms with E-state index in [-0.39, 0.29) is 0 Å². The van der Waals surface area contributed by atoms with Gasteiger partial charge in [-0.3, -0.25) is 4.98 Å². The monoisotopic (exact) mass is 253 g/mol. The summed E-state index contributed by atoms with van der Waals surface area (Å²) in [6.07, 6.45) is 7.87. The summed E-state index contributed by atoms with van der Waals surface area (Å²) in [5.41, 5.74) is 4.02. The summed E-state index contributed by atoms with van der Waals surface area (Å²) in [7, 11) is 0. The molecule has 0 aromatic carbocycles. The quantitative estimate of drug-likeness (QED) is 0.837. The van der Waals surface area contributed by atoms with E-state index in [9.17, 15) is 0 Å². The van der Waals surface area contributed by atoms with E-state index < -0.39 is 0 Å². The van der Waals surface area contributed by atoms with Crippen LogP contribution >= 0.6 is 0 Å². The van der Waals surface area contributed by atoms with Crippen LogP contribution in [0.4, 0.5) is 0 Å². The van der Waals surface area contributed by atoms with Gasteiger partial charge in [-0.05, 0) is 68.3 Å². The molecular weight excluding hydrogens is 234 g/mol. The average molecular weight is 253 g/mol. The van der Waals surface area contributed by atoms with Crippen LogP contribution in [0.2, 0.25) is 0 Å². The highest BCUT2D eigenvalue weighted by Crippen LogP contribution is 2.37. The van der Waals surface area contributed by atoms with Crippen LogP contribution in [0.3, 0.4) is 0 Å². The number of nitriles is 1. The molecule has 0 spiro atoms. The van der Waals surface area contributed by atoms with E-state index in [1.165, 1.54) is 18.4 Å². The van der Waals surface area contributed by atoms with Crippen molar-refractivity contribution in [1.29, 1.82) is 5.26 Å². The summed E-state index contributed by atoms with van der Waals surface area (Å²) in [5.74, 6) is 1.60. The maximum Gasteiger partial charge on any atom is 0.101 e. The summed E-state index contributed by atoms with van der Waals surface area (Å²) in [5, 5.41) is 12.6. The molecule has 1 aliphatic heterocycles. The third kappa shape index (κ3) is 2.41. The second-order valence-electron chi connectivity index (χ2n) is 5.65. The zero-order valence-corrected chi connectivity index (χ0v) is 11.3. The summed E-state index contributed by atoms with van der Waals surface area (Å²) in [6.45, 7) is 4.18. The molecule has 1 aromatic rings. The lowest BCUT2D eigenvalue weighted by Crippen LogP contribution is -2.37. The van der Waals surface area contributed by atoms with Gasteiger partial charge in [0.1, 0.15) is 6.07 Å². The zero-order chi connectivity index (χ0) is 13.2. The Labute approximate surface area is 114 Å². The van der Waals surface area contributed by atoms with E-state index in [2.05, 4.69) is 22.4 Å². The molecule has 2 atom stereocenters. The fourth-order valence-electron chi connectivity index (χ4n) is 3.24. The lowest BCUT2D eigenvalue weighted by molar-refractivity contribution is 0.252. The molecule has 0 bridgehead atoms. The Kier molecular flexibility index (Phi) is 3.35. The van der Waals surface area contributed by atoms with Crippen LogP contribution in [0.25, 0.3) is 5.57 Å². The van der Waals surface area contributed by atoms with Gasteiger partial charge in [0, 0.05) is 6.20 Å². The van der Waals surface area contributed by atoms with Gasteiger partial charge >= 0.3 is 0 Å². The molecule has 1 N–H and O–H groups in total. The van der Waals surface area contributed by atoms with Gasteiger partial charge in [0.2, 0.25) is 0 Å². The van der Waals surface area contributed by atoms with Gasteiger partial charge in [-0.2, -0.15) is 5.26 Å². The topological polar surface area (TPSA) is 48.7 Å². The number of hydrogen-bond acceptors (Lipinski definition) is 3. The number of nitrogens with zero attached hydrogens (tertiary/aromatic N) is 2. The molecule has 1 fully saturated rings. The van der Waals surface area contributed by atoms with Crippen molar-refractivity contribution in [1.82, 2.24) is 10.3 Å². The molecule has 3 nitrogen and oxygen atoms in total. The number of pyridine rings is 1. The summed E-state index contributed by atoms with van der Waals surface area (Å²) < 4.78 is 0. The Hall–Kier alpha value is -1.66. The van der Waals surface area contributed by atoms with Crippen molar-refractivity contribution < 1.29 is 0 Å². The molecule has 2 unspecified atom stereocenters.